The minimum Gasteiger partial charge on any atom is -0.464 e. The zero-order valence-corrected chi connectivity index (χ0v) is 10.8. The normalized spacial score (nSPS) is 12.2. The number of carbonyl (C=O) groups excluding carboxylic acids is 2. The van der Waals surface area contributed by atoms with Gasteiger partial charge in [0.1, 0.15) is 0 Å². The third-order valence-corrected chi connectivity index (χ3v) is 2.56. The molecule has 0 radical (unpaired) electrons. The summed E-state index contributed by atoms with van der Waals surface area (Å²) in [6, 6.07) is -0.572. The van der Waals surface area contributed by atoms with Crippen LogP contribution in [-0.4, -0.2) is 33.5 Å². The van der Waals surface area contributed by atoms with Crippen LogP contribution in [0.15, 0.2) is 0 Å². The maximum atomic E-state index is 11.8. The lowest BCUT2D eigenvalue weighted by Gasteiger charge is -2.15. The molecule has 0 aromatic carbocycles. The predicted molar refractivity (Wildman–Crippen MR) is 63.9 cm³/mol. The Labute approximate surface area is 105 Å². The van der Waals surface area contributed by atoms with Gasteiger partial charge in [-0.15, -0.1) is 5.10 Å². The summed E-state index contributed by atoms with van der Waals surface area (Å²) in [6.45, 7) is 5.77. The number of nitrogens with zero attached hydrogens (tertiary/aromatic N) is 3. The molecule has 0 aliphatic carbocycles. The van der Waals surface area contributed by atoms with Gasteiger partial charge >= 0.3 is 5.97 Å². The van der Waals surface area contributed by atoms with E-state index in [0.29, 0.717) is 18.7 Å². The van der Waals surface area contributed by atoms with Gasteiger partial charge in [0.05, 0.1) is 12.3 Å². The molecule has 7 nitrogen and oxygen atoms in total. The molecule has 1 unspecified atom stereocenters. The third kappa shape index (κ3) is 2.85. The van der Waals surface area contributed by atoms with Gasteiger partial charge in [-0.3, -0.25) is 4.79 Å². The molecule has 2 N–H and O–H groups in total. The van der Waals surface area contributed by atoms with E-state index in [2.05, 4.69) is 10.3 Å². The van der Waals surface area contributed by atoms with Crippen LogP contribution in [0.2, 0.25) is 0 Å². The van der Waals surface area contributed by atoms with Crippen molar-refractivity contribution in [2.24, 2.45) is 5.73 Å². The Morgan fingerprint density at radius 2 is 2.11 bits per heavy atom. The monoisotopic (exact) mass is 254 g/mol. The minimum atomic E-state index is -0.657. The Hall–Kier alpha value is -1.92. The van der Waals surface area contributed by atoms with Gasteiger partial charge in [-0.05, 0) is 19.8 Å². The molecular formula is C11H18N4O3. The Balaban J connectivity index is 2.95. The van der Waals surface area contributed by atoms with Crippen molar-refractivity contribution in [1.29, 1.82) is 0 Å². The van der Waals surface area contributed by atoms with Crippen molar-refractivity contribution in [3.8, 4) is 0 Å². The number of amides is 1. The summed E-state index contributed by atoms with van der Waals surface area (Å²) in [5, 5.41) is 7.48. The Morgan fingerprint density at radius 1 is 1.44 bits per heavy atom. The van der Waals surface area contributed by atoms with Crippen molar-refractivity contribution >= 4 is 11.9 Å². The first-order valence-corrected chi connectivity index (χ1v) is 5.91. The smallest absolute Gasteiger partial charge is 0.330 e. The molecule has 0 saturated carbocycles. The molecule has 1 amide bonds. The Morgan fingerprint density at radius 3 is 2.56 bits per heavy atom. The fraction of sp³-hybridized carbons (Fsp3) is 0.636. The van der Waals surface area contributed by atoms with Gasteiger partial charge in [-0.1, -0.05) is 19.1 Å². The van der Waals surface area contributed by atoms with Crippen LogP contribution in [0.3, 0.4) is 0 Å². The average molecular weight is 254 g/mol. The molecule has 7 heteroatoms. The SMILES string of the molecule is CCCOC(=O)C(CC)n1nnc(C(N)=O)c1C. The van der Waals surface area contributed by atoms with Crippen LogP contribution in [0.1, 0.15) is 48.9 Å². The number of aromatic nitrogens is 3. The van der Waals surface area contributed by atoms with Crippen LogP contribution < -0.4 is 5.73 Å². The second kappa shape index (κ2) is 6.13. The number of ether oxygens (including phenoxy) is 1. The van der Waals surface area contributed by atoms with Gasteiger partial charge in [0.15, 0.2) is 11.7 Å². The minimum absolute atomic E-state index is 0.0803. The maximum Gasteiger partial charge on any atom is 0.330 e. The molecule has 0 saturated heterocycles. The standard InChI is InChI=1S/C11H18N4O3/c1-4-6-18-11(17)8(5-2)15-7(3)9(10(12)16)13-14-15/h8H,4-6H2,1-3H3,(H2,12,16). The van der Waals surface area contributed by atoms with Crippen molar-refractivity contribution in [3.05, 3.63) is 11.4 Å². The number of esters is 1. The summed E-state index contributed by atoms with van der Waals surface area (Å²) < 4.78 is 6.47. The molecule has 1 aromatic heterocycles. The van der Waals surface area contributed by atoms with E-state index in [-0.39, 0.29) is 11.7 Å². The number of rotatable bonds is 6. The highest BCUT2D eigenvalue weighted by molar-refractivity contribution is 5.91. The van der Waals surface area contributed by atoms with Crippen LogP contribution in [-0.2, 0) is 9.53 Å². The zero-order valence-electron chi connectivity index (χ0n) is 10.8. The molecule has 0 bridgehead atoms. The first-order chi connectivity index (χ1) is 8.52. The van der Waals surface area contributed by atoms with Crippen LogP contribution in [0.5, 0.6) is 0 Å². The van der Waals surface area contributed by atoms with Gasteiger partial charge in [-0.2, -0.15) is 0 Å². The second-order valence-electron chi connectivity index (χ2n) is 3.92. The number of hydrogen-bond acceptors (Lipinski definition) is 5. The Bertz CT molecular complexity index is 441. The first kappa shape index (κ1) is 14.1. The van der Waals surface area contributed by atoms with E-state index in [4.69, 9.17) is 10.5 Å². The van der Waals surface area contributed by atoms with E-state index in [1.807, 2.05) is 13.8 Å². The van der Waals surface area contributed by atoms with Crippen molar-refractivity contribution in [2.45, 2.75) is 39.7 Å². The summed E-state index contributed by atoms with van der Waals surface area (Å²) >= 11 is 0. The number of hydrogen-bond donors (Lipinski definition) is 1. The lowest BCUT2D eigenvalue weighted by atomic mass is 10.2. The fourth-order valence-corrected chi connectivity index (χ4v) is 1.60. The summed E-state index contributed by atoms with van der Waals surface area (Å²) in [4.78, 5) is 22.9. The summed E-state index contributed by atoms with van der Waals surface area (Å²) in [5.41, 5.74) is 5.71. The molecule has 1 rings (SSSR count). The fourth-order valence-electron chi connectivity index (χ4n) is 1.60. The lowest BCUT2D eigenvalue weighted by Crippen LogP contribution is -2.24. The molecule has 0 fully saturated rings. The van der Waals surface area contributed by atoms with Gasteiger partial charge in [0, 0.05) is 0 Å². The molecule has 1 aromatic rings. The Kier molecular flexibility index (Phi) is 4.82. The third-order valence-electron chi connectivity index (χ3n) is 2.56. The van der Waals surface area contributed by atoms with Crippen molar-refractivity contribution in [2.75, 3.05) is 6.61 Å². The van der Waals surface area contributed by atoms with E-state index in [9.17, 15) is 9.59 Å². The van der Waals surface area contributed by atoms with E-state index >= 15 is 0 Å². The number of nitrogens with two attached hydrogens (primary N) is 1. The van der Waals surface area contributed by atoms with Crippen molar-refractivity contribution < 1.29 is 14.3 Å². The van der Waals surface area contributed by atoms with Crippen molar-refractivity contribution in [3.63, 3.8) is 0 Å². The van der Waals surface area contributed by atoms with E-state index in [0.717, 1.165) is 6.42 Å². The number of primary amides is 1. The first-order valence-electron chi connectivity index (χ1n) is 5.91. The lowest BCUT2D eigenvalue weighted by molar-refractivity contribution is -0.148. The van der Waals surface area contributed by atoms with Crippen LogP contribution in [0.25, 0.3) is 0 Å². The highest BCUT2D eigenvalue weighted by Gasteiger charge is 2.25. The summed E-state index contributed by atoms with van der Waals surface area (Å²) in [7, 11) is 0. The highest BCUT2D eigenvalue weighted by Crippen LogP contribution is 2.16. The van der Waals surface area contributed by atoms with E-state index < -0.39 is 11.9 Å². The summed E-state index contributed by atoms with van der Waals surface area (Å²) in [5.74, 6) is -1.03. The van der Waals surface area contributed by atoms with Crippen LogP contribution in [0.4, 0.5) is 0 Å². The molecule has 0 aliphatic rings. The highest BCUT2D eigenvalue weighted by atomic mass is 16.5. The molecule has 0 aliphatic heterocycles. The molecule has 100 valence electrons. The average Bonchev–Trinajstić information content (AvgIpc) is 2.70. The number of carbonyl (C=O) groups is 2. The van der Waals surface area contributed by atoms with E-state index in [1.54, 1.807) is 6.92 Å². The van der Waals surface area contributed by atoms with Gasteiger partial charge in [-0.25, -0.2) is 9.48 Å². The van der Waals surface area contributed by atoms with Crippen LogP contribution >= 0.6 is 0 Å². The molecule has 1 atom stereocenters. The summed E-state index contributed by atoms with van der Waals surface area (Å²) in [6.07, 6.45) is 1.26. The largest absolute Gasteiger partial charge is 0.464 e. The van der Waals surface area contributed by atoms with Gasteiger partial charge in [0.25, 0.3) is 5.91 Å². The molecule has 18 heavy (non-hydrogen) atoms. The zero-order chi connectivity index (χ0) is 13.7. The van der Waals surface area contributed by atoms with Gasteiger partial charge < -0.3 is 10.5 Å². The molecular weight excluding hydrogens is 236 g/mol. The predicted octanol–water partition coefficient (Wildman–Crippen LogP) is 0.590. The van der Waals surface area contributed by atoms with E-state index in [1.165, 1.54) is 4.68 Å². The molecule has 0 spiro atoms. The maximum absolute atomic E-state index is 11.8. The van der Waals surface area contributed by atoms with Crippen molar-refractivity contribution in [1.82, 2.24) is 15.0 Å². The van der Waals surface area contributed by atoms with Gasteiger partial charge in [0.2, 0.25) is 0 Å². The second-order valence-corrected chi connectivity index (χ2v) is 3.92. The topological polar surface area (TPSA) is 100 Å². The quantitative estimate of drug-likeness (QED) is 0.749. The molecule has 1 heterocycles. The van der Waals surface area contributed by atoms with Crippen LogP contribution in [0, 0.1) is 6.92 Å².